The molecule has 0 N–H and O–H groups in total. The topological polar surface area (TPSA) is 49.9 Å². The van der Waals surface area contributed by atoms with Crippen molar-refractivity contribution in [2.24, 2.45) is 0 Å². The van der Waals surface area contributed by atoms with Crippen molar-refractivity contribution in [3.8, 4) is 5.75 Å². The van der Waals surface area contributed by atoms with Gasteiger partial charge in [-0.15, -0.1) is 0 Å². The number of ether oxygens (including phenoxy) is 1. The van der Waals surface area contributed by atoms with Crippen LogP contribution in [0.1, 0.15) is 43.4 Å². The van der Waals surface area contributed by atoms with E-state index < -0.39 is 10.0 Å². The maximum Gasteiger partial charge on any atom is 0.246 e. The third-order valence-corrected chi connectivity index (χ3v) is 7.66. The lowest BCUT2D eigenvalue weighted by molar-refractivity contribution is 0.374. The van der Waals surface area contributed by atoms with Crippen LogP contribution in [-0.2, 0) is 16.4 Å². The number of benzene rings is 2. The van der Waals surface area contributed by atoms with Gasteiger partial charge in [-0.2, -0.15) is 4.31 Å². The molecule has 0 unspecified atom stereocenters. The number of sulfonamides is 1. The number of hydrogen-bond donors (Lipinski definition) is 0. The molecule has 0 bridgehead atoms. The molecule has 2 aromatic carbocycles. The van der Waals surface area contributed by atoms with Crippen LogP contribution in [0.5, 0.6) is 5.75 Å². The second-order valence-corrected chi connectivity index (χ2v) is 9.83. The van der Waals surface area contributed by atoms with Crippen molar-refractivity contribution in [3.63, 3.8) is 0 Å². The zero-order valence-electron chi connectivity index (χ0n) is 18.1. The molecule has 1 aliphatic rings. The van der Waals surface area contributed by atoms with Gasteiger partial charge in [0.05, 0.1) is 7.11 Å². The molecule has 1 saturated heterocycles. The average molecular weight is 417 g/mol. The first kappa shape index (κ1) is 21.7. The van der Waals surface area contributed by atoms with Crippen LogP contribution in [-0.4, -0.2) is 46.0 Å². The van der Waals surface area contributed by atoms with Crippen molar-refractivity contribution in [2.45, 2.75) is 44.9 Å². The molecule has 0 saturated carbocycles. The van der Waals surface area contributed by atoms with Crippen LogP contribution in [0.2, 0.25) is 0 Å². The predicted molar refractivity (Wildman–Crippen MR) is 119 cm³/mol. The summed E-state index contributed by atoms with van der Waals surface area (Å²) in [5, 5.41) is 0. The van der Waals surface area contributed by atoms with Crippen LogP contribution in [0.4, 0.5) is 5.69 Å². The first-order valence-electron chi connectivity index (χ1n) is 10.3. The Morgan fingerprint density at radius 1 is 1.03 bits per heavy atom. The Kier molecular flexibility index (Phi) is 6.54. The van der Waals surface area contributed by atoms with Crippen LogP contribution in [0, 0.1) is 6.92 Å². The smallest absolute Gasteiger partial charge is 0.246 e. The van der Waals surface area contributed by atoms with Crippen molar-refractivity contribution >= 4 is 15.7 Å². The van der Waals surface area contributed by atoms with E-state index in [1.54, 1.807) is 10.4 Å². The van der Waals surface area contributed by atoms with Crippen LogP contribution in [0.15, 0.2) is 41.3 Å². The molecule has 0 radical (unpaired) electrons. The van der Waals surface area contributed by atoms with E-state index in [1.807, 2.05) is 13.0 Å². The molecule has 29 heavy (non-hydrogen) atoms. The second kappa shape index (κ2) is 8.76. The normalized spacial score (nSPS) is 15.7. The molecule has 3 rings (SSSR count). The van der Waals surface area contributed by atoms with E-state index in [2.05, 4.69) is 49.9 Å². The molecule has 6 heteroatoms. The highest BCUT2D eigenvalue weighted by molar-refractivity contribution is 7.89. The highest BCUT2D eigenvalue weighted by Crippen LogP contribution is 2.33. The van der Waals surface area contributed by atoms with Crippen molar-refractivity contribution in [2.75, 3.05) is 38.2 Å². The molecule has 5 nitrogen and oxygen atoms in total. The number of aryl methyl sites for hydroxylation is 2. The summed E-state index contributed by atoms with van der Waals surface area (Å²) in [4.78, 5) is 2.52. The summed E-state index contributed by atoms with van der Waals surface area (Å²) in [5.41, 5.74) is 4.55. The Balaban J connectivity index is 1.81. The van der Waals surface area contributed by atoms with Crippen molar-refractivity contribution < 1.29 is 13.2 Å². The summed E-state index contributed by atoms with van der Waals surface area (Å²) in [6, 6.07) is 12.2. The minimum Gasteiger partial charge on any atom is -0.495 e. The number of rotatable bonds is 6. The first-order chi connectivity index (χ1) is 13.8. The lowest BCUT2D eigenvalue weighted by Crippen LogP contribution is -2.48. The van der Waals surface area contributed by atoms with Crippen molar-refractivity contribution in [1.29, 1.82) is 0 Å². The van der Waals surface area contributed by atoms with Crippen LogP contribution in [0.25, 0.3) is 0 Å². The highest BCUT2D eigenvalue weighted by Gasteiger charge is 2.31. The third-order valence-electron chi connectivity index (χ3n) is 5.74. The van der Waals surface area contributed by atoms with Crippen LogP contribution < -0.4 is 9.64 Å². The predicted octanol–water partition coefficient (Wildman–Crippen LogP) is 4.20. The third kappa shape index (κ3) is 4.43. The molecule has 0 aliphatic carbocycles. The Bertz CT molecular complexity index is 945. The van der Waals surface area contributed by atoms with Gasteiger partial charge in [0, 0.05) is 31.9 Å². The fourth-order valence-corrected chi connectivity index (χ4v) is 5.52. The van der Waals surface area contributed by atoms with E-state index in [4.69, 9.17) is 4.74 Å². The molecule has 1 heterocycles. The standard InChI is InChI=1S/C23H32N2O3S/c1-6-19-7-9-20(10-8-19)24-11-13-25(14-12-24)29(26,27)23-16-21(17(2)3)18(4)15-22(23)28-5/h7-10,15-17H,6,11-14H2,1-5H3. The maximum absolute atomic E-state index is 13.4. The zero-order valence-corrected chi connectivity index (χ0v) is 18.9. The SMILES string of the molecule is CCc1ccc(N2CCN(S(=O)(=O)c3cc(C(C)C)c(C)cc3OC)CC2)cc1. The molecular formula is C23H32N2O3S. The number of anilines is 1. The fraction of sp³-hybridized carbons (Fsp3) is 0.478. The number of nitrogens with zero attached hydrogens (tertiary/aromatic N) is 2. The van der Waals surface area contributed by atoms with Gasteiger partial charge in [0.2, 0.25) is 10.0 Å². The lowest BCUT2D eigenvalue weighted by atomic mass is 9.98. The summed E-state index contributed by atoms with van der Waals surface area (Å²) >= 11 is 0. The Hall–Kier alpha value is -2.05. The van der Waals surface area contributed by atoms with Gasteiger partial charge in [-0.05, 0) is 60.2 Å². The summed E-state index contributed by atoms with van der Waals surface area (Å²) in [5.74, 6) is 0.669. The lowest BCUT2D eigenvalue weighted by Gasteiger charge is -2.35. The van der Waals surface area contributed by atoms with Gasteiger partial charge in [-0.25, -0.2) is 8.42 Å². The summed E-state index contributed by atoms with van der Waals surface area (Å²) in [7, 11) is -2.08. The van der Waals surface area contributed by atoms with Crippen molar-refractivity contribution in [1.82, 2.24) is 4.31 Å². The average Bonchev–Trinajstić information content (AvgIpc) is 2.73. The molecule has 1 aliphatic heterocycles. The van der Waals surface area contributed by atoms with Crippen LogP contribution in [0.3, 0.4) is 0 Å². The van der Waals surface area contributed by atoms with Gasteiger partial charge in [-0.1, -0.05) is 32.9 Å². The number of hydrogen-bond acceptors (Lipinski definition) is 4. The Morgan fingerprint density at radius 2 is 1.66 bits per heavy atom. The fourth-order valence-electron chi connectivity index (χ4n) is 3.93. The summed E-state index contributed by atoms with van der Waals surface area (Å²) in [6.45, 7) is 10.6. The van der Waals surface area contributed by atoms with E-state index in [1.165, 1.54) is 12.7 Å². The quantitative estimate of drug-likeness (QED) is 0.708. The van der Waals surface area contributed by atoms with Gasteiger partial charge >= 0.3 is 0 Å². The molecular weight excluding hydrogens is 384 g/mol. The Labute approximate surface area is 175 Å². The molecule has 158 valence electrons. The largest absolute Gasteiger partial charge is 0.495 e. The maximum atomic E-state index is 13.4. The Morgan fingerprint density at radius 3 is 2.17 bits per heavy atom. The van der Waals surface area contributed by atoms with Gasteiger partial charge < -0.3 is 9.64 Å². The highest BCUT2D eigenvalue weighted by atomic mass is 32.2. The molecule has 0 amide bonds. The van der Waals surface area contributed by atoms with E-state index in [0.29, 0.717) is 31.9 Å². The van der Waals surface area contributed by atoms with Gasteiger partial charge in [0.15, 0.2) is 0 Å². The number of piperazine rings is 1. The summed E-state index contributed by atoms with van der Waals surface area (Å²) in [6.07, 6.45) is 1.02. The van der Waals surface area contributed by atoms with Gasteiger partial charge in [0.1, 0.15) is 10.6 Å². The van der Waals surface area contributed by atoms with E-state index >= 15 is 0 Å². The molecule has 2 aromatic rings. The van der Waals surface area contributed by atoms with E-state index in [9.17, 15) is 8.42 Å². The molecule has 0 aromatic heterocycles. The number of methoxy groups -OCH3 is 1. The van der Waals surface area contributed by atoms with Crippen LogP contribution >= 0.6 is 0 Å². The zero-order chi connectivity index (χ0) is 21.2. The van der Waals surface area contributed by atoms with E-state index in [0.717, 1.165) is 23.2 Å². The van der Waals surface area contributed by atoms with E-state index in [-0.39, 0.29) is 10.8 Å². The van der Waals surface area contributed by atoms with Gasteiger partial charge in [-0.3, -0.25) is 0 Å². The second-order valence-electron chi connectivity index (χ2n) is 7.93. The van der Waals surface area contributed by atoms with Crippen molar-refractivity contribution in [3.05, 3.63) is 53.1 Å². The van der Waals surface area contributed by atoms with Gasteiger partial charge in [0.25, 0.3) is 0 Å². The molecule has 0 atom stereocenters. The first-order valence-corrected chi connectivity index (χ1v) is 11.7. The summed E-state index contributed by atoms with van der Waals surface area (Å²) < 4.78 is 33.8. The molecule has 1 fully saturated rings. The monoisotopic (exact) mass is 416 g/mol. The minimum absolute atomic E-state index is 0.248. The minimum atomic E-state index is -3.61. The molecule has 0 spiro atoms.